The van der Waals surface area contributed by atoms with E-state index >= 15 is 0 Å². The van der Waals surface area contributed by atoms with Crippen molar-refractivity contribution in [1.82, 2.24) is 15.5 Å². The van der Waals surface area contributed by atoms with Gasteiger partial charge in [0.2, 0.25) is 5.89 Å². The second kappa shape index (κ2) is 9.30. The summed E-state index contributed by atoms with van der Waals surface area (Å²) in [4.78, 5) is 4.38. The van der Waals surface area contributed by atoms with Gasteiger partial charge in [-0.15, -0.1) is 24.2 Å². The van der Waals surface area contributed by atoms with Gasteiger partial charge in [-0.2, -0.15) is 4.98 Å². The number of hydrogen-bond donors (Lipinski definition) is 1. The minimum absolute atomic E-state index is 0. The van der Waals surface area contributed by atoms with Crippen molar-refractivity contribution in [2.24, 2.45) is 0 Å². The smallest absolute Gasteiger partial charge is 0.236 e. The topological polar surface area (TPSA) is 51.0 Å². The molecule has 4 nitrogen and oxygen atoms in total. The van der Waals surface area contributed by atoms with Crippen LogP contribution in [0.2, 0.25) is 5.02 Å². The van der Waals surface area contributed by atoms with E-state index in [-0.39, 0.29) is 12.4 Å². The van der Waals surface area contributed by atoms with Crippen LogP contribution in [0, 0.1) is 0 Å². The largest absolute Gasteiger partial charge is 0.338 e. The molecule has 0 saturated carbocycles. The molecule has 21 heavy (non-hydrogen) atoms. The third kappa shape index (κ3) is 6.26. The molecule has 2 aromatic rings. The summed E-state index contributed by atoms with van der Waals surface area (Å²) in [5, 5.41) is 7.90. The van der Waals surface area contributed by atoms with Gasteiger partial charge in [0, 0.05) is 23.2 Å². The van der Waals surface area contributed by atoms with E-state index < -0.39 is 0 Å². The minimum atomic E-state index is 0. The molecule has 0 aliphatic rings. The molecule has 0 radical (unpaired) electrons. The maximum absolute atomic E-state index is 5.95. The first-order valence-corrected chi connectivity index (χ1v) is 8.01. The van der Waals surface area contributed by atoms with E-state index in [1.807, 2.05) is 25.2 Å². The van der Waals surface area contributed by atoms with Gasteiger partial charge < -0.3 is 9.84 Å². The maximum Gasteiger partial charge on any atom is 0.236 e. The summed E-state index contributed by atoms with van der Waals surface area (Å²) >= 11 is 7.69. The average Bonchev–Trinajstić information content (AvgIpc) is 2.86. The van der Waals surface area contributed by atoms with Gasteiger partial charge in [-0.1, -0.05) is 28.9 Å². The quantitative estimate of drug-likeness (QED) is 0.826. The molecule has 1 heterocycles. The lowest BCUT2D eigenvalue weighted by Crippen LogP contribution is -2.24. The highest BCUT2D eigenvalue weighted by molar-refractivity contribution is 7.97. The van der Waals surface area contributed by atoms with Crippen LogP contribution >= 0.6 is 35.8 Å². The van der Waals surface area contributed by atoms with Crippen LogP contribution in [0.5, 0.6) is 0 Å². The van der Waals surface area contributed by atoms with E-state index in [0.29, 0.717) is 17.7 Å². The van der Waals surface area contributed by atoms with Gasteiger partial charge in [0.1, 0.15) is 0 Å². The van der Waals surface area contributed by atoms with Crippen molar-refractivity contribution >= 4 is 35.8 Å². The Morgan fingerprint density at radius 2 is 2.19 bits per heavy atom. The highest BCUT2D eigenvalue weighted by Crippen LogP contribution is 2.19. The van der Waals surface area contributed by atoms with Crippen molar-refractivity contribution in [2.45, 2.75) is 30.9 Å². The number of nitrogens with zero attached hydrogens (tertiary/aromatic N) is 2. The summed E-state index contributed by atoms with van der Waals surface area (Å²) in [7, 11) is 1.92. The molecule has 1 atom stereocenters. The van der Waals surface area contributed by atoms with Crippen molar-refractivity contribution < 1.29 is 4.52 Å². The fourth-order valence-electron chi connectivity index (χ4n) is 1.69. The Morgan fingerprint density at radius 1 is 1.38 bits per heavy atom. The normalized spacial score (nSPS) is 12.0. The zero-order chi connectivity index (χ0) is 14.4. The molecule has 0 aliphatic carbocycles. The molecule has 0 bridgehead atoms. The summed E-state index contributed by atoms with van der Waals surface area (Å²) in [5.41, 5.74) is 1.20. The molecule has 2 rings (SSSR count). The summed E-state index contributed by atoms with van der Waals surface area (Å²) in [6.07, 6.45) is 0.777. The van der Waals surface area contributed by atoms with Crippen molar-refractivity contribution in [3.8, 4) is 0 Å². The van der Waals surface area contributed by atoms with Crippen LogP contribution in [0.4, 0.5) is 0 Å². The Kier molecular flexibility index (Phi) is 8.11. The number of rotatable bonds is 7. The van der Waals surface area contributed by atoms with Crippen LogP contribution in [-0.2, 0) is 17.9 Å². The van der Waals surface area contributed by atoms with Crippen LogP contribution in [-0.4, -0.2) is 23.2 Å². The molecule has 0 spiro atoms. The molecular weight excluding hydrogens is 329 g/mol. The lowest BCUT2D eigenvalue weighted by atomic mass is 10.2. The Balaban J connectivity index is 0.00000220. The van der Waals surface area contributed by atoms with Crippen LogP contribution in [0.3, 0.4) is 0 Å². The number of hydrogen-bond acceptors (Lipinski definition) is 5. The van der Waals surface area contributed by atoms with Crippen molar-refractivity contribution in [3.05, 3.63) is 46.6 Å². The third-order valence-electron chi connectivity index (χ3n) is 2.88. The predicted molar refractivity (Wildman–Crippen MR) is 90.2 cm³/mol. The number of thioether (sulfide) groups is 1. The van der Waals surface area contributed by atoms with Gasteiger partial charge in [0.05, 0.1) is 5.75 Å². The van der Waals surface area contributed by atoms with Crippen LogP contribution in [0.25, 0.3) is 0 Å². The van der Waals surface area contributed by atoms with Gasteiger partial charge >= 0.3 is 0 Å². The zero-order valence-electron chi connectivity index (χ0n) is 12.0. The molecule has 0 aliphatic heterocycles. The maximum atomic E-state index is 5.95. The van der Waals surface area contributed by atoms with Crippen molar-refractivity contribution in [2.75, 3.05) is 7.05 Å². The summed E-state index contributed by atoms with van der Waals surface area (Å²) in [6.45, 7) is 2.09. The monoisotopic (exact) mass is 347 g/mol. The van der Waals surface area contributed by atoms with E-state index in [1.54, 1.807) is 11.8 Å². The Hall–Kier alpha value is -0.750. The van der Waals surface area contributed by atoms with Crippen LogP contribution in [0.1, 0.15) is 24.2 Å². The number of benzene rings is 1. The second-order valence-electron chi connectivity index (χ2n) is 4.62. The number of likely N-dealkylation sites (N-methyl/N-ethyl adjacent to an activating group) is 1. The number of aromatic nitrogens is 2. The molecule has 1 aromatic carbocycles. The van der Waals surface area contributed by atoms with Crippen molar-refractivity contribution in [1.29, 1.82) is 0 Å². The average molecular weight is 348 g/mol. The molecule has 0 saturated heterocycles. The lowest BCUT2D eigenvalue weighted by Gasteiger charge is -2.04. The number of nitrogens with one attached hydrogen (secondary N) is 1. The highest BCUT2D eigenvalue weighted by Gasteiger charge is 2.09. The molecule has 7 heteroatoms. The van der Waals surface area contributed by atoms with Crippen LogP contribution < -0.4 is 5.32 Å². The SMILES string of the molecule is CNC(C)Cc1noc(CSCc2cccc(Cl)c2)n1.Cl. The first-order valence-electron chi connectivity index (χ1n) is 6.48. The van der Waals surface area contributed by atoms with Gasteiger partial charge in [-0.25, -0.2) is 0 Å². The first-order chi connectivity index (χ1) is 9.67. The molecule has 1 aromatic heterocycles. The minimum Gasteiger partial charge on any atom is -0.338 e. The van der Waals surface area contributed by atoms with Gasteiger partial charge in [-0.3, -0.25) is 0 Å². The van der Waals surface area contributed by atoms with E-state index in [1.165, 1.54) is 5.56 Å². The number of halogens is 2. The Labute approximate surface area is 140 Å². The van der Waals surface area contributed by atoms with Crippen molar-refractivity contribution in [3.63, 3.8) is 0 Å². The van der Waals surface area contributed by atoms with Gasteiger partial charge in [0.15, 0.2) is 5.82 Å². The van der Waals surface area contributed by atoms with E-state index in [4.69, 9.17) is 16.1 Å². The van der Waals surface area contributed by atoms with E-state index in [9.17, 15) is 0 Å². The molecule has 116 valence electrons. The van der Waals surface area contributed by atoms with Crippen LogP contribution in [0.15, 0.2) is 28.8 Å². The molecule has 0 amide bonds. The summed E-state index contributed by atoms with van der Waals surface area (Å²) < 4.78 is 5.24. The standard InChI is InChI=1S/C14H18ClN3OS.ClH/c1-10(16-2)6-13-17-14(19-18-13)9-20-8-11-4-3-5-12(15)7-11;/h3-5,7,10,16H,6,8-9H2,1-2H3;1H. The Morgan fingerprint density at radius 3 is 2.90 bits per heavy atom. The van der Waals surface area contributed by atoms with Gasteiger partial charge in [0.25, 0.3) is 0 Å². The van der Waals surface area contributed by atoms with E-state index in [2.05, 4.69) is 28.4 Å². The highest BCUT2D eigenvalue weighted by atomic mass is 35.5. The van der Waals surface area contributed by atoms with E-state index in [0.717, 1.165) is 23.0 Å². The molecule has 1 unspecified atom stereocenters. The summed E-state index contributed by atoms with van der Waals surface area (Å²) in [6, 6.07) is 8.22. The third-order valence-corrected chi connectivity index (χ3v) is 4.10. The Bertz CT molecular complexity index is 551. The fourth-order valence-corrected chi connectivity index (χ4v) is 2.71. The second-order valence-corrected chi connectivity index (χ2v) is 6.04. The predicted octanol–water partition coefficient (Wildman–Crippen LogP) is 3.73. The fraction of sp³-hybridized carbons (Fsp3) is 0.429. The molecule has 0 fully saturated rings. The lowest BCUT2D eigenvalue weighted by molar-refractivity contribution is 0.382. The zero-order valence-corrected chi connectivity index (χ0v) is 14.4. The first kappa shape index (κ1) is 18.3. The molecular formula is C14H19Cl2N3OS. The van der Waals surface area contributed by atoms with Gasteiger partial charge in [-0.05, 0) is 31.7 Å². The molecule has 1 N–H and O–H groups in total. The summed E-state index contributed by atoms with van der Waals surface area (Å²) in [5.74, 6) is 3.03.